The molecule has 1 aromatic carbocycles. The quantitative estimate of drug-likeness (QED) is 0.0622. The van der Waals surface area contributed by atoms with Crippen LogP contribution in [-0.2, 0) is 4.79 Å². The van der Waals surface area contributed by atoms with E-state index in [2.05, 4.69) is 10.6 Å². The van der Waals surface area contributed by atoms with Gasteiger partial charge in [0.1, 0.15) is 0 Å². The average molecular weight is 578 g/mol. The molecule has 2 amide bonds. The summed E-state index contributed by atoms with van der Waals surface area (Å²) >= 11 is 0. The summed E-state index contributed by atoms with van der Waals surface area (Å²) < 4.78 is 0. The Morgan fingerprint density at radius 1 is 0.634 bits per heavy atom. The molecule has 0 aliphatic rings. The van der Waals surface area contributed by atoms with Gasteiger partial charge in [-0.15, -0.1) is 0 Å². The van der Waals surface area contributed by atoms with Gasteiger partial charge in [0, 0.05) is 25.1 Å². The molecule has 0 aliphatic heterocycles. The molecule has 0 bridgehead atoms. The van der Waals surface area contributed by atoms with E-state index in [0.29, 0.717) is 25.9 Å². The van der Waals surface area contributed by atoms with E-state index in [0.717, 1.165) is 51.4 Å². The fourth-order valence-corrected chi connectivity index (χ4v) is 4.68. The van der Waals surface area contributed by atoms with Gasteiger partial charge in [-0.2, -0.15) is 0 Å². The molecule has 0 aliphatic carbocycles. The van der Waals surface area contributed by atoms with Gasteiger partial charge in [-0.1, -0.05) is 83.1 Å². The minimum Gasteiger partial charge on any atom is -0.423 e. The number of amides is 2. The lowest BCUT2D eigenvalue weighted by atomic mass is 9.72. The topological polar surface area (TPSA) is 180 Å². The molecule has 0 fully saturated rings. The van der Waals surface area contributed by atoms with Gasteiger partial charge in [0.05, 0.1) is 12.7 Å². The molecule has 0 saturated heterocycles. The van der Waals surface area contributed by atoms with Crippen molar-refractivity contribution in [2.75, 3.05) is 19.7 Å². The second-order valence-corrected chi connectivity index (χ2v) is 10.9. The third-order valence-electron chi connectivity index (χ3n) is 7.20. The number of hydrogen-bond acceptors (Lipinski definition) is 8. The Morgan fingerprint density at radius 2 is 1.07 bits per heavy atom. The van der Waals surface area contributed by atoms with Crippen molar-refractivity contribution in [3.05, 3.63) is 23.8 Å². The molecule has 1 aromatic rings. The van der Waals surface area contributed by atoms with Crippen LogP contribution >= 0.6 is 0 Å². The van der Waals surface area contributed by atoms with Gasteiger partial charge in [0.2, 0.25) is 5.91 Å². The zero-order valence-electron chi connectivity index (χ0n) is 24.6. The molecule has 0 saturated carbocycles. The minimum absolute atomic E-state index is 0.0262. The normalized spacial score (nSPS) is 11.8. The van der Waals surface area contributed by atoms with Gasteiger partial charge in [0.15, 0.2) is 0 Å². The third kappa shape index (κ3) is 19.0. The van der Waals surface area contributed by atoms with E-state index < -0.39 is 26.2 Å². The Bertz CT molecular complexity index is 819. The summed E-state index contributed by atoms with van der Waals surface area (Å²) in [5.41, 5.74) is 0.206. The lowest BCUT2D eigenvalue weighted by molar-refractivity contribution is -0.121. The Balaban J connectivity index is 1.92. The molecule has 8 N–H and O–H groups in total. The number of hydrogen-bond donors (Lipinski definition) is 8. The van der Waals surface area contributed by atoms with Crippen molar-refractivity contribution in [2.24, 2.45) is 0 Å². The standard InChI is InChI=1S/C29H52B2N2O8/c34-23-27(35)16-12-11-15-18-32-28(36)17-13-9-7-5-3-1-2-4-6-8-10-14-19-33-29(37)24-20-25(30(38)39)22-26(21-24)31(40)41/h20-22,27,34-35,38-41H,1-19,23H2,(H,32,36)(H,33,37). The second kappa shape index (κ2) is 23.6. The largest absolute Gasteiger partial charge is 0.488 e. The van der Waals surface area contributed by atoms with Gasteiger partial charge in [0.25, 0.3) is 5.91 Å². The first-order valence-corrected chi connectivity index (χ1v) is 15.5. The third-order valence-corrected chi connectivity index (χ3v) is 7.20. The van der Waals surface area contributed by atoms with Crippen molar-refractivity contribution in [3.8, 4) is 0 Å². The van der Waals surface area contributed by atoms with E-state index >= 15 is 0 Å². The zero-order chi connectivity index (χ0) is 30.3. The number of aliphatic hydroxyl groups is 2. The summed E-state index contributed by atoms with van der Waals surface area (Å²) in [6.07, 6.45) is 16.7. The minimum atomic E-state index is -1.81. The van der Waals surface area contributed by atoms with Crippen molar-refractivity contribution in [3.63, 3.8) is 0 Å². The molecule has 10 nitrogen and oxygen atoms in total. The second-order valence-electron chi connectivity index (χ2n) is 10.9. The Hall–Kier alpha value is -1.95. The zero-order valence-corrected chi connectivity index (χ0v) is 24.6. The first-order chi connectivity index (χ1) is 19.7. The summed E-state index contributed by atoms with van der Waals surface area (Å²) in [6, 6.07) is 3.89. The van der Waals surface area contributed by atoms with Gasteiger partial charge in [-0.3, -0.25) is 9.59 Å². The highest BCUT2D eigenvalue weighted by molar-refractivity contribution is 6.62. The predicted octanol–water partition coefficient (Wildman–Crippen LogP) is 0.877. The van der Waals surface area contributed by atoms with Crippen LogP contribution < -0.4 is 21.6 Å². The van der Waals surface area contributed by atoms with Crippen LogP contribution in [0, 0.1) is 0 Å². The van der Waals surface area contributed by atoms with Crippen LogP contribution in [0.3, 0.4) is 0 Å². The molecule has 0 aromatic heterocycles. The van der Waals surface area contributed by atoms with Crippen LogP contribution in [0.5, 0.6) is 0 Å². The molecule has 232 valence electrons. The lowest BCUT2D eigenvalue weighted by Gasteiger charge is -2.10. The van der Waals surface area contributed by atoms with Gasteiger partial charge in [-0.05, 0) is 48.7 Å². The van der Waals surface area contributed by atoms with Crippen LogP contribution in [-0.4, -0.2) is 82.2 Å². The van der Waals surface area contributed by atoms with Crippen molar-refractivity contribution in [2.45, 2.75) is 115 Å². The van der Waals surface area contributed by atoms with Crippen LogP contribution in [0.15, 0.2) is 18.2 Å². The Morgan fingerprint density at radius 3 is 1.56 bits per heavy atom. The molecule has 1 atom stereocenters. The molecule has 0 spiro atoms. The van der Waals surface area contributed by atoms with Crippen LogP contribution in [0.25, 0.3) is 0 Å². The number of aliphatic hydroxyl groups excluding tert-OH is 2. The van der Waals surface area contributed by atoms with E-state index in [1.165, 1.54) is 63.1 Å². The molecule has 1 rings (SSSR count). The van der Waals surface area contributed by atoms with Crippen LogP contribution in [0.4, 0.5) is 0 Å². The highest BCUT2D eigenvalue weighted by atomic mass is 16.4. The van der Waals surface area contributed by atoms with Gasteiger partial charge >= 0.3 is 14.2 Å². The summed E-state index contributed by atoms with van der Waals surface area (Å²) in [7, 11) is -3.61. The summed E-state index contributed by atoms with van der Waals surface area (Å²) in [4.78, 5) is 24.2. The number of rotatable bonds is 25. The van der Waals surface area contributed by atoms with E-state index in [4.69, 9.17) is 5.11 Å². The summed E-state index contributed by atoms with van der Waals surface area (Å²) in [5, 5.41) is 61.2. The number of nitrogens with one attached hydrogen (secondary N) is 2. The highest BCUT2D eigenvalue weighted by Gasteiger charge is 2.20. The van der Waals surface area contributed by atoms with E-state index in [1.54, 1.807) is 0 Å². The number of unbranched alkanes of at least 4 members (excludes halogenated alkanes) is 13. The molecule has 0 heterocycles. The van der Waals surface area contributed by atoms with Gasteiger partial charge in [-0.25, -0.2) is 0 Å². The molecular formula is C29H52B2N2O8. The first-order valence-electron chi connectivity index (χ1n) is 15.5. The van der Waals surface area contributed by atoms with E-state index in [9.17, 15) is 34.8 Å². The number of carbonyl (C=O) groups excluding carboxylic acids is 2. The lowest BCUT2D eigenvalue weighted by Crippen LogP contribution is -2.40. The van der Waals surface area contributed by atoms with Crippen molar-refractivity contribution in [1.29, 1.82) is 0 Å². The van der Waals surface area contributed by atoms with Crippen molar-refractivity contribution < 1.29 is 39.9 Å². The Labute approximate surface area is 246 Å². The average Bonchev–Trinajstić information content (AvgIpc) is 2.96. The fourth-order valence-electron chi connectivity index (χ4n) is 4.68. The van der Waals surface area contributed by atoms with Crippen LogP contribution in [0.1, 0.15) is 120 Å². The molecule has 41 heavy (non-hydrogen) atoms. The van der Waals surface area contributed by atoms with Gasteiger partial charge < -0.3 is 40.9 Å². The maximum absolute atomic E-state index is 12.4. The van der Waals surface area contributed by atoms with Crippen LogP contribution in [0.2, 0.25) is 0 Å². The number of benzene rings is 1. The number of carbonyl (C=O) groups is 2. The van der Waals surface area contributed by atoms with Crippen molar-refractivity contribution in [1.82, 2.24) is 10.6 Å². The summed E-state index contributed by atoms with van der Waals surface area (Å²) in [6.45, 7) is 0.991. The maximum atomic E-state index is 12.4. The van der Waals surface area contributed by atoms with E-state index in [-0.39, 0.29) is 29.0 Å². The smallest absolute Gasteiger partial charge is 0.423 e. The first kappa shape index (κ1) is 37.1. The molecule has 0 radical (unpaired) electrons. The predicted molar refractivity (Wildman–Crippen MR) is 163 cm³/mol. The molecule has 12 heteroatoms. The SMILES string of the molecule is O=C(CCCCCCCCCCCCCCNC(=O)c1cc(B(O)O)cc(B(O)O)c1)NCCCCCC(O)CO. The fraction of sp³-hybridized carbons (Fsp3) is 0.724. The Kier molecular flexibility index (Phi) is 21.3. The molecule has 1 unspecified atom stereocenters. The maximum Gasteiger partial charge on any atom is 0.488 e. The van der Waals surface area contributed by atoms with Crippen molar-refractivity contribution >= 4 is 37.0 Å². The highest BCUT2D eigenvalue weighted by Crippen LogP contribution is 2.12. The monoisotopic (exact) mass is 578 g/mol. The summed E-state index contributed by atoms with van der Waals surface area (Å²) in [5.74, 6) is -0.272. The molecular weight excluding hydrogens is 526 g/mol. The van der Waals surface area contributed by atoms with E-state index in [1.807, 2.05) is 0 Å².